The predicted molar refractivity (Wildman–Crippen MR) is 162 cm³/mol. The molecule has 0 saturated carbocycles. The molecule has 8 nitrogen and oxygen atoms in total. The summed E-state index contributed by atoms with van der Waals surface area (Å²) in [4.78, 5) is 17.8. The van der Waals surface area contributed by atoms with Gasteiger partial charge in [0, 0.05) is 37.3 Å². The van der Waals surface area contributed by atoms with Crippen LogP contribution < -0.4 is 9.64 Å². The lowest BCUT2D eigenvalue weighted by Crippen LogP contribution is -2.45. The van der Waals surface area contributed by atoms with E-state index in [4.69, 9.17) is 9.72 Å². The van der Waals surface area contributed by atoms with Crippen LogP contribution in [-0.4, -0.2) is 80.2 Å². The summed E-state index contributed by atoms with van der Waals surface area (Å²) in [5.74, 6) is -0.890. The average molecular weight is 608 g/mol. The zero-order valence-electron chi connectivity index (χ0n) is 24.9. The number of aliphatic hydroxyl groups excluding tert-OH is 1. The molecule has 11 heteroatoms. The highest BCUT2D eigenvalue weighted by molar-refractivity contribution is 6.01. The Bertz CT molecular complexity index is 1760. The highest BCUT2D eigenvalue weighted by Crippen LogP contribution is 2.42. The molecule has 0 radical (unpaired) electrons. The first kappa shape index (κ1) is 29.0. The van der Waals surface area contributed by atoms with E-state index in [1.54, 1.807) is 6.07 Å². The van der Waals surface area contributed by atoms with Crippen molar-refractivity contribution < 1.29 is 28.1 Å². The van der Waals surface area contributed by atoms with Crippen LogP contribution in [0.25, 0.3) is 32.9 Å². The highest BCUT2D eigenvalue weighted by atomic mass is 19.1. The number of ether oxygens (including phenoxy) is 1. The van der Waals surface area contributed by atoms with Crippen molar-refractivity contribution in [1.82, 2.24) is 19.9 Å². The molecule has 0 amide bonds. The number of alkyl halides is 1. The summed E-state index contributed by atoms with van der Waals surface area (Å²) < 4.78 is 52.3. The molecule has 7 rings (SSSR count). The summed E-state index contributed by atoms with van der Waals surface area (Å²) >= 11 is 0. The number of phenols is 1. The van der Waals surface area contributed by atoms with E-state index in [0.717, 1.165) is 19.4 Å². The molecule has 3 aliphatic heterocycles. The van der Waals surface area contributed by atoms with Crippen LogP contribution in [0.1, 0.15) is 51.5 Å². The molecule has 3 saturated heterocycles. The monoisotopic (exact) mass is 607 g/mol. The number of anilines is 1. The van der Waals surface area contributed by atoms with E-state index in [1.165, 1.54) is 24.4 Å². The van der Waals surface area contributed by atoms with Gasteiger partial charge in [-0.25, -0.2) is 13.2 Å². The quantitative estimate of drug-likeness (QED) is 0.289. The number of halogens is 3. The fourth-order valence-corrected chi connectivity index (χ4v) is 7.56. The molecule has 4 atom stereocenters. The first-order chi connectivity index (χ1) is 21.2. The molecule has 0 unspecified atom stereocenters. The van der Waals surface area contributed by atoms with Crippen molar-refractivity contribution in [1.29, 1.82) is 0 Å². The number of aromatic nitrogens is 3. The van der Waals surface area contributed by atoms with Crippen molar-refractivity contribution in [2.45, 2.75) is 76.2 Å². The van der Waals surface area contributed by atoms with E-state index in [1.807, 2.05) is 18.7 Å². The number of hydrogen-bond acceptors (Lipinski definition) is 8. The zero-order valence-corrected chi connectivity index (χ0v) is 24.9. The van der Waals surface area contributed by atoms with Crippen molar-refractivity contribution in [2.24, 2.45) is 0 Å². The second-order valence-corrected chi connectivity index (χ2v) is 12.6. The fraction of sp³-hybridized carbons (Fsp3) is 0.485. The van der Waals surface area contributed by atoms with Gasteiger partial charge in [0.1, 0.15) is 41.4 Å². The number of β-amino-alcohol motifs (C(OH)–C–C–N with tert-alkyl or cyclic N) is 1. The Labute approximate surface area is 253 Å². The number of aliphatic hydroxyl groups is 1. The molecular weight excluding hydrogens is 571 g/mol. The molecule has 0 spiro atoms. The van der Waals surface area contributed by atoms with Gasteiger partial charge >= 0.3 is 6.01 Å². The number of phenolic OH excluding ortho intramolecular Hbond substituents is 1. The molecule has 4 aromatic rings. The number of rotatable bonds is 6. The van der Waals surface area contributed by atoms with Crippen molar-refractivity contribution >= 4 is 27.5 Å². The number of aromatic hydroxyl groups is 1. The van der Waals surface area contributed by atoms with Crippen LogP contribution in [0.5, 0.6) is 11.8 Å². The maximum atomic E-state index is 16.7. The van der Waals surface area contributed by atoms with Crippen molar-refractivity contribution in [2.75, 3.05) is 31.1 Å². The van der Waals surface area contributed by atoms with E-state index in [2.05, 4.69) is 14.9 Å². The van der Waals surface area contributed by atoms with Gasteiger partial charge in [0.15, 0.2) is 5.82 Å². The van der Waals surface area contributed by atoms with Gasteiger partial charge < -0.3 is 19.8 Å². The fourth-order valence-electron chi connectivity index (χ4n) is 7.56. The molecule has 3 aliphatic rings. The van der Waals surface area contributed by atoms with Crippen LogP contribution >= 0.6 is 0 Å². The van der Waals surface area contributed by atoms with Crippen LogP contribution in [-0.2, 0) is 6.42 Å². The predicted octanol–water partition coefficient (Wildman–Crippen LogP) is 5.70. The van der Waals surface area contributed by atoms with E-state index >= 15 is 4.39 Å². The second-order valence-electron chi connectivity index (χ2n) is 12.6. The average Bonchev–Trinajstić information content (AvgIpc) is 3.53. The number of fused-ring (bicyclic) bond motifs is 3. The topological polar surface area (TPSA) is 94.8 Å². The number of nitrogens with zero attached hydrogens (tertiary/aromatic N) is 5. The van der Waals surface area contributed by atoms with Gasteiger partial charge in [-0.2, -0.15) is 9.97 Å². The third-order valence-electron chi connectivity index (χ3n) is 9.77. The van der Waals surface area contributed by atoms with E-state index in [0.29, 0.717) is 66.3 Å². The Kier molecular flexibility index (Phi) is 7.28. The van der Waals surface area contributed by atoms with Gasteiger partial charge in [-0.1, -0.05) is 13.0 Å². The lowest BCUT2D eigenvalue weighted by Gasteiger charge is -2.37. The molecule has 3 fully saturated rings. The maximum absolute atomic E-state index is 16.7. The lowest BCUT2D eigenvalue weighted by molar-refractivity contribution is 0.107. The first-order valence-electron chi connectivity index (χ1n) is 15.4. The van der Waals surface area contributed by atoms with E-state index < -0.39 is 29.4 Å². The molecule has 2 N–H and O–H groups in total. The molecule has 5 heterocycles. The Hall–Kier alpha value is -3.70. The van der Waals surface area contributed by atoms with Crippen LogP contribution in [0.2, 0.25) is 0 Å². The largest absolute Gasteiger partial charge is 0.508 e. The van der Waals surface area contributed by atoms with Gasteiger partial charge in [0.2, 0.25) is 0 Å². The molecule has 232 valence electrons. The number of benzene rings is 2. The van der Waals surface area contributed by atoms with Crippen LogP contribution in [0.4, 0.5) is 19.0 Å². The summed E-state index contributed by atoms with van der Waals surface area (Å²) in [5, 5.41) is 22.4. The Morgan fingerprint density at radius 2 is 1.98 bits per heavy atom. The summed E-state index contributed by atoms with van der Waals surface area (Å²) in [7, 11) is 0. The van der Waals surface area contributed by atoms with Gasteiger partial charge in [-0.3, -0.25) is 9.88 Å². The van der Waals surface area contributed by atoms with Gasteiger partial charge in [-0.15, -0.1) is 0 Å². The SMILES string of the molecule is CCc1c(F)ccc2cc(O)cc(-c3ncc4c(N5C[C@H](O)CC[C@@H]5C)nc(OC[C@@]56CCCN5C[C@H](F)C6)nc4c3F)c12. The van der Waals surface area contributed by atoms with Crippen LogP contribution in [0.3, 0.4) is 0 Å². The summed E-state index contributed by atoms with van der Waals surface area (Å²) in [6.07, 6.45) is 3.81. The number of pyridine rings is 1. The lowest BCUT2D eigenvalue weighted by atomic mass is 9.94. The Balaban J connectivity index is 1.39. The summed E-state index contributed by atoms with van der Waals surface area (Å²) in [5.41, 5.74) is 0.0719. The molecule has 0 aliphatic carbocycles. The zero-order chi connectivity index (χ0) is 30.7. The van der Waals surface area contributed by atoms with Crippen molar-refractivity contribution in [3.8, 4) is 23.0 Å². The molecule has 44 heavy (non-hydrogen) atoms. The molecule has 2 aromatic carbocycles. The minimum Gasteiger partial charge on any atom is -0.508 e. The molecule has 2 aromatic heterocycles. The minimum atomic E-state index is -0.927. The van der Waals surface area contributed by atoms with Crippen molar-refractivity contribution in [3.63, 3.8) is 0 Å². The number of hydrogen-bond donors (Lipinski definition) is 2. The summed E-state index contributed by atoms with van der Waals surface area (Å²) in [6.45, 7) is 5.49. The first-order valence-corrected chi connectivity index (χ1v) is 15.4. The van der Waals surface area contributed by atoms with Gasteiger partial charge in [-0.05, 0) is 80.1 Å². The van der Waals surface area contributed by atoms with E-state index in [9.17, 15) is 19.0 Å². The second kappa shape index (κ2) is 11.0. The van der Waals surface area contributed by atoms with Gasteiger partial charge in [0.25, 0.3) is 0 Å². The number of aryl methyl sites for hydroxylation is 1. The maximum Gasteiger partial charge on any atom is 0.319 e. The highest BCUT2D eigenvalue weighted by Gasteiger charge is 2.49. The third-order valence-corrected chi connectivity index (χ3v) is 9.77. The number of piperidine rings is 1. The smallest absolute Gasteiger partial charge is 0.319 e. The van der Waals surface area contributed by atoms with E-state index in [-0.39, 0.29) is 41.2 Å². The Morgan fingerprint density at radius 3 is 2.80 bits per heavy atom. The standard InChI is InChI=1S/C33H36F3N5O3/c1-3-23-26(35)8-6-19-11-22(43)12-24(27(19)23)29-28(36)30-25(14-37-29)31(41-16-21(42)7-5-18(41)2)39-32(38-30)44-17-33-9-4-10-40(33)15-20(34)13-33/h6,8,11-12,14,18,20-21,42-43H,3-5,7,9-10,13,15-17H2,1-2H3/t18-,20+,21+,33-/m0/s1. The molecular formula is C33H36F3N5O3. The third kappa shape index (κ3) is 4.81. The summed E-state index contributed by atoms with van der Waals surface area (Å²) in [6, 6.07) is 5.76. The minimum absolute atomic E-state index is 0.00300. The van der Waals surface area contributed by atoms with Gasteiger partial charge in [0.05, 0.1) is 17.0 Å². The molecule has 0 bridgehead atoms. The normalized spacial score (nSPS) is 25.7. The van der Waals surface area contributed by atoms with Crippen molar-refractivity contribution in [3.05, 3.63) is 47.7 Å². The Morgan fingerprint density at radius 1 is 1.14 bits per heavy atom. The van der Waals surface area contributed by atoms with Crippen LogP contribution in [0.15, 0.2) is 30.5 Å². The van der Waals surface area contributed by atoms with Crippen LogP contribution in [0, 0.1) is 11.6 Å².